The molecule has 0 radical (unpaired) electrons. The molecule has 0 spiro atoms. The van der Waals surface area contributed by atoms with Crippen LogP contribution in [-0.4, -0.2) is 6.16 Å². The Morgan fingerprint density at radius 1 is 0.714 bits per heavy atom. The Morgan fingerprint density at radius 2 is 1.24 bits per heavy atom. The van der Waals surface area contributed by atoms with Gasteiger partial charge in [0.25, 0.3) is 0 Å². The monoisotopic (exact) mass is 292 g/mol. The number of allylic oxidation sites excluding steroid dienone is 4. The van der Waals surface area contributed by atoms with Gasteiger partial charge >= 0.3 is 0 Å². The zero-order chi connectivity index (χ0) is 14.3. The van der Waals surface area contributed by atoms with Crippen molar-refractivity contribution in [1.29, 1.82) is 0 Å². The summed E-state index contributed by atoms with van der Waals surface area (Å²) >= 11 is 0. The Hall–Kier alpha value is -1.65. The molecule has 0 aromatic heterocycles. The lowest BCUT2D eigenvalue weighted by Gasteiger charge is -2.19. The van der Waals surface area contributed by atoms with Gasteiger partial charge in [0.2, 0.25) is 0 Å². The van der Waals surface area contributed by atoms with Crippen molar-refractivity contribution in [3.05, 3.63) is 85.0 Å². The van der Waals surface area contributed by atoms with E-state index >= 15 is 0 Å². The molecule has 1 aliphatic carbocycles. The van der Waals surface area contributed by atoms with Crippen LogP contribution in [0.15, 0.2) is 85.0 Å². The third kappa shape index (κ3) is 3.93. The molecule has 21 heavy (non-hydrogen) atoms. The lowest BCUT2D eigenvalue weighted by atomic mass is 10.1. The second-order valence-electron chi connectivity index (χ2n) is 5.40. The molecule has 0 aliphatic heterocycles. The third-order valence-corrected chi connectivity index (χ3v) is 6.49. The number of rotatable bonds is 6. The maximum Gasteiger partial charge on any atom is -0.00471 e. The lowest BCUT2D eigenvalue weighted by molar-refractivity contribution is 0.701. The molecule has 3 rings (SSSR count). The molecular weight excluding hydrogens is 271 g/mol. The number of benzene rings is 2. The molecule has 0 nitrogen and oxygen atoms in total. The molecule has 1 aliphatic rings. The predicted octanol–water partition coefficient (Wildman–Crippen LogP) is 4.64. The van der Waals surface area contributed by atoms with Crippen LogP contribution in [0.3, 0.4) is 0 Å². The maximum atomic E-state index is 2.31. The normalized spacial score (nSPS) is 14.1. The Bertz CT molecular complexity index is 547. The van der Waals surface area contributed by atoms with Crippen molar-refractivity contribution in [1.82, 2.24) is 0 Å². The van der Waals surface area contributed by atoms with Crippen molar-refractivity contribution in [3.63, 3.8) is 0 Å². The largest absolute Gasteiger partial charge is 0.0776 e. The first-order valence-corrected chi connectivity index (χ1v) is 9.19. The van der Waals surface area contributed by atoms with Crippen molar-refractivity contribution >= 4 is 18.5 Å². The quantitative estimate of drug-likeness (QED) is 0.680. The molecule has 0 unspecified atom stereocenters. The summed E-state index contributed by atoms with van der Waals surface area (Å²) in [6, 6.07) is 22.0. The van der Waals surface area contributed by atoms with E-state index in [1.54, 1.807) is 0 Å². The van der Waals surface area contributed by atoms with Crippen molar-refractivity contribution in [2.75, 3.05) is 6.16 Å². The third-order valence-electron chi connectivity index (χ3n) is 3.88. The van der Waals surface area contributed by atoms with Gasteiger partial charge in [-0.3, -0.25) is 0 Å². The Kier molecular flexibility index (Phi) is 5.03. The van der Waals surface area contributed by atoms with Crippen LogP contribution in [0.4, 0.5) is 0 Å². The minimum absolute atomic E-state index is 0.219. The second-order valence-corrected chi connectivity index (χ2v) is 7.73. The topological polar surface area (TPSA) is 0 Å². The van der Waals surface area contributed by atoms with Gasteiger partial charge in [-0.1, -0.05) is 85.0 Å². The highest BCUT2D eigenvalue weighted by molar-refractivity contribution is 7.73. The SMILES string of the molecule is C1=CC(CCCP(c2ccccc2)c2ccccc2)C=C1. The van der Waals surface area contributed by atoms with Crippen LogP contribution in [0.25, 0.3) is 0 Å². The predicted molar refractivity (Wildman–Crippen MR) is 94.9 cm³/mol. The van der Waals surface area contributed by atoms with Crippen LogP contribution in [0.1, 0.15) is 12.8 Å². The van der Waals surface area contributed by atoms with Gasteiger partial charge in [0.1, 0.15) is 0 Å². The molecule has 2 aromatic rings. The zero-order valence-electron chi connectivity index (χ0n) is 12.2. The highest BCUT2D eigenvalue weighted by atomic mass is 31.1. The van der Waals surface area contributed by atoms with Crippen molar-refractivity contribution < 1.29 is 0 Å². The first-order chi connectivity index (χ1) is 10.4. The van der Waals surface area contributed by atoms with Crippen LogP contribution in [0.5, 0.6) is 0 Å². The summed E-state index contributed by atoms with van der Waals surface area (Å²) in [5, 5.41) is 2.99. The van der Waals surface area contributed by atoms with E-state index < -0.39 is 0 Å². The standard InChI is InChI=1S/C20H21P/c1-3-13-19(14-4-1)21(20-15-5-2-6-16-20)17-9-12-18-10-7-8-11-18/h1-8,10-11,13-16,18H,9,12,17H2. The zero-order valence-corrected chi connectivity index (χ0v) is 13.1. The van der Waals surface area contributed by atoms with E-state index in [9.17, 15) is 0 Å². The van der Waals surface area contributed by atoms with E-state index in [4.69, 9.17) is 0 Å². The van der Waals surface area contributed by atoms with E-state index in [1.165, 1.54) is 29.6 Å². The molecule has 1 heteroatoms. The highest BCUT2D eigenvalue weighted by Gasteiger charge is 2.13. The van der Waals surface area contributed by atoms with Gasteiger partial charge in [-0.25, -0.2) is 0 Å². The molecule has 0 fully saturated rings. The van der Waals surface area contributed by atoms with Gasteiger partial charge in [-0.05, 0) is 43.5 Å². The van der Waals surface area contributed by atoms with Crippen LogP contribution in [0.2, 0.25) is 0 Å². The fraction of sp³-hybridized carbons (Fsp3) is 0.200. The summed E-state index contributed by atoms with van der Waals surface area (Å²) < 4.78 is 0. The van der Waals surface area contributed by atoms with E-state index in [0.717, 1.165) is 0 Å². The van der Waals surface area contributed by atoms with E-state index in [2.05, 4.69) is 85.0 Å². The molecule has 0 amide bonds. The molecule has 106 valence electrons. The van der Waals surface area contributed by atoms with Gasteiger partial charge < -0.3 is 0 Å². The molecule has 0 bridgehead atoms. The van der Waals surface area contributed by atoms with E-state index in [0.29, 0.717) is 5.92 Å². The summed E-state index contributed by atoms with van der Waals surface area (Å²) in [4.78, 5) is 0. The first-order valence-electron chi connectivity index (χ1n) is 7.66. The minimum atomic E-state index is -0.219. The van der Waals surface area contributed by atoms with Crippen molar-refractivity contribution in [3.8, 4) is 0 Å². The number of hydrogen-bond donors (Lipinski definition) is 0. The fourth-order valence-electron chi connectivity index (χ4n) is 2.78. The van der Waals surface area contributed by atoms with Gasteiger partial charge in [0.15, 0.2) is 0 Å². The molecule has 0 atom stereocenters. The molecule has 0 saturated carbocycles. The Balaban J connectivity index is 1.70. The molecule has 0 heterocycles. The van der Waals surface area contributed by atoms with Gasteiger partial charge in [-0.15, -0.1) is 0 Å². The Morgan fingerprint density at radius 3 is 1.76 bits per heavy atom. The van der Waals surface area contributed by atoms with Crippen LogP contribution in [-0.2, 0) is 0 Å². The molecule has 0 saturated heterocycles. The van der Waals surface area contributed by atoms with Crippen molar-refractivity contribution in [2.45, 2.75) is 12.8 Å². The van der Waals surface area contributed by atoms with Gasteiger partial charge in [-0.2, -0.15) is 0 Å². The summed E-state index contributed by atoms with van der Waals surface area (Å²) in [6.07, 6.45) is 12.8. The summed E-state index contributed by atoms with van der Waals surface area (Å²) in [6.45, 7) is 0. The highest BCUT2D eigenvalue weighted by Crippen LogP contribution is 2.35. The van der Waals surface area contributed by atoms with Crippen LogP contribution >= 0.6 is 7.92 Å². The summed E-state index contributed by atoms with van der Waals surface area (Å²) in [5.74, 6) is 0.661. The Labute approximate surface area is 129 Å². The van der Waals surface area contributed by atoms with Gasteiger partial charge in [0, 0.05) is 0 Å². The maximum absolute atomic E-state index is 2.31. The van der Waals surface area contributed by atoms with Crippen LogP contribution < -0.4 is 10.6 Å². The summed E-state index contributed by atoms with van der Waals surface area (Å²) in [7, 11) is -0.219. The second kappa shape index (κ2) is 7.38. The average Bonchev–Trinajstić information content (AvgIpc) is 3.07. The molecule has 0 N–H and O–H groups in total. The molecule has 2 aromatic carbocycles. The minimum Gasteiger partial charge on any atom is -0.0776 e. The first kappa shape index (κ1) is 14.3. The van der Waals surface area contributed by atoms with E-state index in [-0.39, 0.29) is 7.92 Å². The summed E-state index contributed by atoms with van der Waals surface area (Å²) in [5.41, 5.74) is 0. The fourth-order valence-corrected chi connectivity index (χ4v) is 5.16. The van der Waals surface area contributed by atoms with E-state index in [1.807, 2.05) is 0 Å². The number of hydrogen-bond acceptors (Lipinski definition) is 0. The van der Waals surface area contributed by atoms with Crippen molar-refractivity contribution in [2.24, 2.45) is 5.92 Å². The van der Waals surface area contributed by atoms with Gasteiger partial charge in [0.05, 0.1) is 0 Å². The average molecular weight is 292 g/mol. The lowest BCUT2D eigenvalue weighted by Crippen LogP contribution is -2.14. The van der Waals surface area contributed by atoms with Crippen LogP contribution in [0, 0.1) is 5.92 Å². The molecular formula is C20H21P. The smallest absolute Gasteiger partial charge is 0.00471 e.